The largest absolute Gasteiger partial charge is 0.383 e. The number of pyridine rings is 1. The number of carbonyl (C=O) groups is 1. The van der Waals surface area contributed by atoms with Gasteiger partial charge in [-0.25, -0.2) is 0 Å². The number of nitrogens with zero attached hydrogens (tertiary/aromatic N) is 1. The van der Waals surface area contributed by atoms with Crippen LogP contribution in [-0.4, -0.2) is 43.9 Å². The highest BCUT2D eigenvalue weighted by molar-refractivity contribution is 5.83. The SMILES string of the molecule is COCC(C)NC(=O)C1(Cc2ccc(-c3ccncc3)cc2)CCOCC1. The molecule has 0 bridgehead atoms. The second kappa shape index (κ2) is 9.11. The number of amides is 1. The Bertz CT molecular complexity index is 725. The summed E-state index contributed by atoms with van der Waals surface area (Å²) in [5.74, 6) is 0.105. The fraction of sp³-hybridized carbons (Fsp3) is 0.455. The Hall–Kier alpha value is -2.24. The summed E-state index contributed by atoms with van der Waals surface area (Å²) >= 11 is 0. The summed E-state index contributed by atoms with van der Waals surface area (Å²) in [5.41, 5.74) is 3.05. The van der Waals surface area contributed by atoms with E-state index in [1.54, 1.807) is 19.5 Å². The van der Waals surface area contributed by atoms with Gasteiger partial charge < -0.3 is 14.8 Å². The molecular weight excluding hydrogens is 340 g/mol. The van der Waals surface area contributed by atoms with E-state index in [1.807, 2.05) is 19.1 Å². The predicted molar refractivity (Wildman–Crippen MR) is 105 cm³/mol. The lowest BCUT2D eigenvalue weighted by atomic mass is 9.74. The van der Waals surface area contributed by atoms with E-state index >= 15 is 0 Å². The molecule has 0 radical (unpaired) electrons. The third-order valence-corrected chi connectivity index (χ3v) is 5.24. The van der Waals surface area contributed by atoms with Crippen LogP contribution in [0.2, 0.25) is 0 Å². The van der Waals surface area contributed by atoms with Gasteiger partial charge in [0.15, 0.2) is 0 Å². The molecule has 1 unspecified atom stereocenters. The molecular formula is C22H28N2O3. The molecule has 1 aromatic carbocycles. The van der Waals surface area contributed by atoms with Gasteiger partial charge in [-0.1, -0.05) is 24.3 Å². The van der Waals surface area contributed by atoms with Crippen molar-refractivity contribution in [3.8, 4) is 11.1 Å². The van der Waals surface area contributed by atoms with Crippen molar-refractivity contribution in [2.75, 3.05) is 26.9 Å². The van der Waals surface area contributed by atoms with Crippen LogP contribution in [0.3, 0.4) is 0 Å². The molecule has 1 saturated heterocycles. The highest BCUT2D eigenvalue weighted by Gasteiger charge is 2.40. The average Bonchev–Trinajstić information content (AvgIpc) is 2.70. The minimum atomic E-state index is -0.418. The summed E-state index contributed by atoms with van der Waals surface area (Å²) in [6.07, 6.45) is 5.80. The maximum Gasteiger partial charge on any atom is 0.227 e. The minimum Gasteiger partial charge on any atom is -0.383 e. The quantitative estimate of drug-likeness (QED) is 0.815. The van der Waals surface area contributed by atoms with Crippen molar-refractivity contribution in [3.05, 3.63) is 54.4 Å². The minimum absolute atomic E-state index is 0.00344. The van der Waals surface area contributed by atoms with Crippen LogP contribution in [0, 0.1) is 5.41 Å². The molecule has 1 amide bonds. The van der Waals surface area contributed by atoms with Crippen molar-refractivity contribution in [1.82, 2.24) is 10.3 Å². The van der Waals surface area contributed by atoms with Gasteiger partial charge >= 0.3 is 0 Å². The number of hydrogen-bond acceptors (Lipinski definition) is 4. The van der Waals surface area contributed by atoms with Gasteiger partial charge in [0.1, 0.15) is 0 Å². The van der Waals surface area contributed by atoms with E-state index in [1.165, 1.54) is 5.56 Å². The first-order valence-corrected chi connectivity index (χ1v) is 9.50. The van der Waals surface area contributed by atoms with E-state index < -0.39 is 5.41 Å². The molecule has 5 nitrogen and oxygen atoms in total. The van der Waals surface area contributed by atoms with Crippen molar-refractivity contribution in [3.63, 3.8) is 0 Å². The molecule has 5 heteroatoms. The molecule has 0 saturated carbocycles. The van der Waals surface area contributed by atoms with Crippen molar-refractivity contribution in [2.24, 2.45) is 5.41 Å². The van der Waals surface area contributed by atoms with Gasteiger partial charge in [-0.15, -0.1) is 0 Å². The lowest BCUT2D eigenvalue weighted by Crippen LogP contribution is -2.49. The Balaban J connectivity index is 1.75. The fourth-order valence-electron chi connectivity index (χ4n) is 3.66. The Morgan fingerprint density at radius 1 is 1.15 bits per heavy atom. The zero-order valence-corrected chi connectivity index (χ0v) is 16.1. The van der Waals surface area contributed by atoms with Crippen molar-refractivity contribution in [1.29, 1.82) is 0 Å². The summed E-state index contributed by atoms with van der Waals surface area (Å²) in [6, 6.07) is 12.5. The van der Waals surface area contributed by atoms with Crippen molar-refractivity contribution in [2.45, 2.75) is 32.2 Å². The molecule has 1 aliphatic rings. The van der Waals surface area contributed by atoms with Crippen LogP contribution in [0.25, 0.3) is 11.1 Å². The summed E-state index contributed by atoms with van der Waals surface area (Å²) in [4.78, 5) is 17.1. The standard InChI is InChI=1S/C22H28N2O3/c1-17(16-26-2)24-21(25)22(9-13-27-14-10-22)15-18-3-5-19(6-4-18)20-7-11-23-12-8-20/h3-8,11-12,17H,9-10,13-16H2,1-2H3,(H,24,25). The lowest BCUT2D eigenvalue weighted by molar-refractivity contribution is -0.137. The normalized spacial score (nSPS) is 17.3. The van der Waals surface area contributed by atoms with Crippen molar-refractivity contribution < 1.29 is 14.3 Å². The van der Waals surface area contributed by atoms with E-state index in [0.717, 1.165) is 30.4 Å². The zero-order chi connectivity index (χ0) is 19.1. The molecule has 0 aliphatic carbocycles. The predicted octanol–water partition coefficient (Wildman–Crippen LogP) is 3.24. The van der Waals surface area contributed by atoms with Crippen LogP contribution in [0.15, 0.2) is 48.8 Å². The molecule has 144 valence electrons. The maximum atomic E-state index is 13.1. The van der Waals surface area contributed by atoms with Gasteiger partial charge in [0, 0.05) is 38.8 Å². The maximum absolute atomic E-state index is 13.1. The zero-order valence-electron chi connectivity index (χ0n) is 16.1. The number of benzene rings is 1. The summed E-state index contributed by atoms with van der Waals surface area (Å²) in [7, 11) is 1.65. The number of hydrogen-bond donors (Lipinski definition) is 1. The average molecular weight is 368 g/mol. The monoisotopic (exact) mass is 368 g/mol. The number of nitrogens with one attached hydrogen (secondary N) is 1. The van der Waals surface area contributed by atoms with Crippen molar-refractivity contribution >= 4 is 5.91 Å². The Labute approximate surface area is 161 Å². The molecule has 3 rings (SSSR count). The number of carbonyl (C=O) groups excluding carboxylic acids is 1. The van der Waals surface area contributed by atoms with Crippen LogP contribution in [0.5, 0.6) is 0 Å². The molecule has 1 aromatic heterocycles. The highest BCUT2D eigenvalue weighted by atomic mass is 16.5. The molecule has 0 spiro atoms. The number of aromatic nitrogens is 1. The smallest absolute Gasteiger partial charge is 0.227 e. The Morgan fingerprint density at radius 2 is 1.78 bits per heavy atom. The van der Waals surface area contributed by atoms with Gasteiger partial charge in [0.05, 0.1) is 12.0 Å². The van der Waals surface area contributed by atoms with E-state index in [2.05, 4.69) is 34.6 Å². The van der Waals surface area contributed by atoms with Crippen LogP contribution in [0.1, 0.15) is 25.3 Å². The first-order valence-electron chi connectivity index (χ1n) is 9.50. The topological polar surface area (TPSA) is 60.5 Å². The summed E-state index contributed by atoms with van der Waals surface area (Å²) in [6.45, 7) is 3.74. The van der Waals surface area contributed by atoms with Gasteiger partial charge in [-0.05, 0) is 55.0 Å². The molecule has 2 aromatic rings. The van der Waals surface area contributed by atoms with Gasteiger partial charge in [0.25, 0.3) is 0 Å². The van der Waals surface area contributed by atoms with Gasteiger partial charge in [-0.2, -0.15) is 0 Å². The van der Waals surface area contributed by atoms with Crippen LogP contribution in [0.4, 0.5) is 0 Å². The molecule has 2 heterocycles. The molecule has 1 atom stereocenters. The lowest BCUT2D eigenvalue weighted by Gasteiger charge is -2.36. The number of rotatable bonds is 7. The van der Waals surface area contributed by atoms with E-state index in [9.17, 15) is 4.79 Å². The van der Waals surface area contributed by atoms with Crippen LogP contribution >= 0.6 is 0 Å². The third kappa shape index (κ3) is 4.93. The summed E-state index contributed by atoms with van der Waals surface area (Å²) in [5, 5.41) is 3.12. The van der Waals surface area contributed by atoms with Gasteiger partial charge in [0.2, 0.25) is 5.91 Å². The third-order valence-electron chi connectivity index (χ3n) is 5.24. The van der Waals surface area contributed by atoms with Crippen LogP contribution < -0.4 is 5.32 Å². The molecule has 27 heavy (non-hydrogen) atoms. The highest BCUT2D eigenvalue weighted by Crippen LogP contribution is 2.35. The first kappa shape index (κ1) is 19.5. The molecule has 1 N–H and O–H groups in total. The summed E-state index contributed by atoms with van der Waals surface area (Å²) < 4.78 is 10.7. The second-order valence-electron chi connectivity index (χ2n) is 7.33. The number of ether oxygens (including phenoxy) is 2. The number of methoxy groups -OCH3 is 1. The van der Waals surface area contributed by atoms with E-state index in [-0.39, 0.29) is 11.9 Å². The molecule has 1 aliphatic heterocycles. The van der Waals surface area contributed by atoms with Crippen LogP contribution in [-0.2, 0) is 20.7 Å². The first-order chi connectivity index (χ1) is 13.1. The van der Waals surface area contributed by atoms with E-state index in [4.69, 9.17) is 9.47 Å². The van der Waals surface area contributed by atoms with Gasteiger partial charge in [-0.3, -0.25) is 9.78 Å². The Morgan fingerprint density at radius 3 is 2.41 bits per heavy atom. The Kier molecular flexibility index (Phi) is 6.58. The van der Waals surface area contributed by atoms with E-state index in [0.29, 0.717) is 19.8 Å². The fourth-order valence-corrected chi connectivity index (χ4v) is 3.66. The second-order valence-corrected chi connectivity index (χ2v) is 7.33. The molecule has 1 fully saturated rings.